The molecule has 0 saturated heterocycles. The summed E-state index contributed by atoms with van der Waals surface area (Å²) in [6.07, 6.45) is 0. The van der Waals surface area contributed by atoms with E-state index in [-0.39, 0.29) is 5.91 Å². The number of ether oxygens (including phenoxy) is 1. The van der Waals surface area contributed by atoms with Crippen LogP contribution in [0.15, 0.2) is 40.9 Å². The molecule has 0 aliphatic carbocycles. The van der Waals surface area contributed by atoms with Gasteiger partial charge in [-0.25, -0.2) is 0 Å². The van der Waals surface area contributed by atoms with E-state index in [1.807, 2.05) is 19.1 Å². The van der Waals surface area contributed by atoms with E-state index in [0.717, 1.165) is 10.0 Å². The molecular formula is C15H15BrN2O2. The number of rotatable bonds is 3. The molecule has 2 rings (SSSR count). The summed E-state index contributed by atoms with van der Waals surface area (Å²) in [7, 11) is 1.56. The average Bonchev–Trinajstić information content (AvgIpc) is 2.44. The first kappa shape index (κ1) is 14.4. The molecule has 0 fully saturated rings. The zero-order valence-corrected chi connectivity index (χ0v) is 12.8. The summed E-state index contributed by atoms with van der Waals surface area (Å²) in [5, 5.41) is 2.80. The summed E-state index contributed by atoms with van der Waals surface area (Å²) < 4.78 is 5.90. The fourth-order valence-electron chi connectivity index (χ4n) is 1.78. The number of halogens is 1. The van der Waals surface area contributed by atoms with Crippen molar-refractivity contribution in [2.75, 3.05) is 18.2 Å². The molecule has 20 heavy (non-hydrogen) atoms. The molecule has 0 bridgehead atoms. The van der Waals surface area contributed by atoms with Crippen molar-refractivity contribution < 1.29 is 9.53 Å². The minimum atomic E-state index is -0.222. The number of benzene rings is 2. The van der Waals surface area contributed by atoms with Crippen molar-refractivity contribution in [2.24, 2.45) is 0 Å². The number of carbonyl (C=O) groups is 1. The van der Waals surface area contributed by atoms with Gasteiger partial charge in [-0.3, -0.25) is 4.79 Å². The zero-order chi connectivity index (χ0) is 14.7. The third-order valence-corrected chi connectivity index (χ3v) is 4.00. The fourth-order valence-corrected chi connectivity index (χ4v) is 2.23. The number of nitrogen functional groups attached to an aromatic ring is 1. The SMILES string of the molecule is COc1ccc(N)c(NC(=O)c2cccc(C)c2Br)c1. The van der Waals surface area contributed by atoms with Crippen LogP contribution in [0.2, 0.25) is 0 Å². The summed E-state index contributed by atoms with van der Waals surface area (Å²) in [6, 6.07) is 10.7. The molecular weight excluding hydrogens is 320 g/mol. The number of anilines is 2. The summed E-state index contributed by atoms with van der Waals surface area (Å²) in [6.45, 7) is 1.93. The number of hydrogen-bond acceptors (Lipinski definition) is 3. The minimum Gasteiger partial charge on any atom is -0.497 e. The number of carbonyl (C=O) groups excluding carboxylic acids is 1. The molecule has 0 radical (unpaired) electrons. The van der Waals surface area contributed by atoms with E-state index in [0.29, 0.717) is 22.7 Å². The number of methoxy groups -OCH3 is 1. The number of hydrogen-bond donors (Lipinski definition) is 2. The normalized spacial score (nSPS) is 10.2. The van der Waals surface area contributed by atoms with Gasteiger partial charge in [0.25, 0.3) is 5.91 Å². The molecule has 0 unspecified atom stereocenters. The van der Waals surface area contributed by atoms with Gasteiger partial charge >= 0.3 is 0 Å². The predicted octanol–water partition coefficient (Wildman–Crippen LogP) is 3.60. The van der Waals surface area contributed by atoms with Gasteiger partial charge in [0.2, 0.25) is 0 Å². The Labute approximate surface area is 126 Å². The van der Waals surface area contributed by atoms with Crippen LogP contribution in [0.5, 0.6) is 5.75 Å². The van der Waals surface area contributed by atoms with E-state index < -0.39 is 0 Å². The number of amides is 1. The van der Waals surface area contributed by atoms with Crippen molar-refractivity contribution in [3.05, 3.63) is 52.0 Å². The molecule has 0 heterocycles. The van der Waals surface area contributed by atoms with Gasteiger partial charge in [0, 0.05) is 10.5 Å². The zero-order valence-electron chi connectivity index (χ0n) is 11.2. The van der Waals surface area contributed by atoms with Crippen LogP contribution in [0.25, 0.3) is 0 Å². The quantitative estimate of drug-likeness (QED) is 0.843. The van der Waals surface area contributed by atoms with E-state index in [1.54, 1.807) is 31.4 Å². The molecule has 3 N–H and O–H groups in total. The van der Waals surface area contributed by atoms with Crippen LogP contribution in [0, 0.1) is 6.92 Å². The molecule has 0 saturated carbocycles. The molecule has 104 valence electrons. The maximum Gasteiger partial charge on any atom is 0.256 e. The van der Waals surface area contributed by atoms with Crippen molar-refractivity contribution >= 4 is 33.2 Å². The van der Waals surface area contributed by atoms with E-state index in [4.69, 9.17) is 10.5 Å². The smallest absolute Gasteiger partial charge is 0.256 e. The second-order valence-corrected chi connectivity index (χ2v) is 5.14. The maximum atomic E-state index is 12.3. The van der Waals surface area contributed by atoms with E-state index in [1.165, 1.54) is 0 Å². The molecule has 1 amide bonds. The lowest BCUT2D eigenvalue weighted by molar-refractivity contribution is 0.102. The van der Waals surface area contributed by atoms with E-state index in [2.05, 4.69) is 21.2 Å². The van der Waals surface area contributed by atoms with E-state index >= 15 is 0 Å². The lowest BCUT2D eigenvalue weighted by Gasteiger charge is -2.11. The lowest BCUT2D eigenvalue weighted by atomic mass is 10.1. The summed E-state index contributed by atoms with van der Waals surface area (Å²) in [5.74, 6) is 0.415. The highest BCUT2D eigenvalue weighted by molar-refractivity contribution is 9.10. The van der Waals surface area contributed by atoms with Crippen LogP contribution in [0.1, 0.15) is 15.9 Å². The standard InChI is InChI=1S/C15H15BrN2O2/c1-9-4-3-5-11(14(9)16)15(19)18-13-8-10(20-2)6-7-12(13)17/h3-8H,17H2,1-2H3,(H,18,19). The number of aryl methyl sites for hydroxylation is 1. The van der Waals surface area contributed by atoms with Crippen LogP contribution in [0.3, 0.4) is 0 Å². The van der Waals surface area contributed by atoms with Gasteiger partial charge in [-0.2, -0.15) is 0 Å². The molecule has 0 aliphatic rings. The van der Waals surface area contributed by atoms with Gasteiger partial charge in [-0.15, -0.1) is 0 Å². The second kappa shape index (κ2) is 5.96. The largest absolute Gasteiger partial charge is 0.497 e. The number of nitrogens with one attached hydrogen (secondary N) is 1. The summed E-state index contributed by atoms with van der Waals surface area (Å²) >= 11 is 3.42. The first-order valence-electron chi connectivity index (χ1n) is 6.03. The topological polar surface area (TPSA) is 64.3 Å². The second-order valence-electron chi connectivity index (χ2n) is 4.34. The van der Waals surface area contributed by atoms with Crippen molar-refractivity contribution in [1.29, 1.82) is 0 Å². The predicted molar refractivity (Wildman–Crippen MR) is 84.2 cm³/mol. The molecule has 2 aromatic carbocycles. The van der Waals surface area contributed by atoms with Crippen LogP contribution in [-0.2, 0) is 0 Å². The van der Waals surface area contributed by atoms with Gasteiger partial charge in [0.1, 0.15) is 5.75 Å². The van der Waals surface area contributed by atoms with E-state index in [9.17, 15) is 4.79 Å². The molecule has 0 aliphatic heterocycles. The molecule has 5 heteroatoms. The minimum absolute atomic E-state index is 0.222. The van der Waals surface area contributed by atoms with Gasteiger partial charge in [-0.1, -0.05) is 12.1 Å². The fraction of sp³-hybridized carbons (Fsp3) is 0.133. The Hall–Kier alpha value is -2.01. The van der Waals surface area contributed by atoms with Crippen molar-refractivity contribution in [2.45, 2.75) is 6.92 Å². The van der Waals surface area contributed by atoms with Gasteiger partial charge < -0.3 is 15.8 Å². The highest BCUT2D eigenvalue weighted by Crippen LogP contribution is 2.27. The first-order valence-corrected chi connectivity index (χ1v) is 6.82. The molecule has 4 nitrogen and oxygen atoms in total. The lowest BCUT2D eigenvalue weighted by Crippen LogP contribution is -2.14. The van der Waals surface area contributed by atoms with Crippen molar-refractivity contribution in [3.8, 4) is 5.75 Å². The number of nitrogens with two attached hydrogens (primary N) is 1. The highest BCUT2D eigenvalue weighted by Gasteiger charge is 2.13. The Morgan fingerprint density at radius 2 is 2.05 bits per heavy atom. The Morgan fingerprint density at radius 3 is 2.75 bits per heavy atom. The third-order valence-electron chi connectivity index (χ3n) is 2.95. The maximum absolute atomic E-state index is 12.3. The van der Waals surface area contributed by atoms with Gasteiger partial charge in [0.15, 0.2) is 0 Å². The summed E-state index contributed by atoms with van der Waals surface area (Å²) in [5.41, 5.74) is 8.43. The van der Waals surface area contributed by atoms with Crippen molar-refractivity contribution in [1.82, 2.24) is 0 Å². The van der Waals surface area contributed by atoms with Crippen LogP contribution < -0.4 is 15.8 Å². The monoisotopic (exact) mass is 334 g/mol. The Kier molecular flexibility index (Phi) is 4.29. The van der Waals surface area contributed by atoms with Crippen LogP contribution >= 0.6 is 15.9 Å². The molecule has 2 aromatic rings. The van der Waals surface area contributed by atoms with Crippen LogP contribution in [0.4, 0.5) is 11.4 Å². The summed E-state index contributed by atoms with van der Waals surface area (Å²) in [4.78, 5) is 12.3. The Bertz CT molecular complexity index is 656. The van der Waals surface area contributed by atoms with Gasteiger partial charge in [-0.05, 0) is 46.6 Å². The Balaban J connectivity index is 2.30. The molecule has 0 spiro atoms. The molecule has 0 atom stereocenters. The first-order chi connectivity index (χ1) is 9.52. The third kappa shape index (κ3) is 2.93. The highest BCUT2D eigenvalue weighted by atomic mass is 79.9. The molecule has 0 aromatic heterocycles. The Morgan fingerprint density at radius 1 is 1.30 bits per heavy atom. The van der Waals surface area contributed by atoms with Gasteiger partial charge in [0.05, 0.1) is 24.0 Å². The van der Waals surface area contributed by atoms with Crippen LogP contribution in [-0.4, -0.2) is 13.0 Å². The van der Waals surface area contributed by atoms with Crippen molar-refractivity contribution in [3.63, 3.8) is 0 Å². The average molecular weight is 335 g/mol.